The number of rotatable bonds is 2. The summed E-state index contributed by atoms with van der Waals surface area (Å²) < 4.78 is 11.6. The molecule has 1 fully saturated rings. The maximum atomic E-state index is 12.9. The number of hydrogen-bond donors (Lipinski definition) is 1. The number of aliphatic carboxylic acids is 1. The van der Waals surface area contributed by atoms with E-state index in [4.69, 9.17) is 39.9 Å². The molecule has 0 heterocycles. The number of hydrogen-bond acceptors (Lipinski definition) is 1. The first-order valence-electron chi connectivity index (χ1n) is 4.41. The van der Waals surface area contributed by atoms with E-state index in [1.165, 1.54) is 18.2 Å². The molecular weight excluding hydrogens is 277 g/mol. The van der Waals surface area contributed by atoms with Crippen LogP contribution in [-0.2, 0) is 4.79 Å². The van der Waals surface area contributed by atoms with Crippen molar-refractivity contribution < 1.29 is 14.3 Å². The van der Waals surface area contributed by atoms with E-state index in [0.29, 0.717) is 5.56 Å². The minimum absolute atomic E-state index is 0.0716. The largest absolute Gasteiger partial charge is 0.481 e. The highest BCUT2D eigenvalue weighted by Crippen LogP contribution is 2.65. The SMILES string of the molecule is O=C(O)[C@@H]1[C@@H](c2ccc(F)c(Cl)c2)C1(Cl)Cl. The second kappa shape index (κ2) is 3.76. The van der Waals surface area contributed by atoms with E-state index in [1.54, 1.807) is 0 Å². The third-order valence-electron chi connectivity index (χ3n) is 2.62. The van der Waals surface area contributed by atoms with Crippen molar-refractivity contribution in [3.05, 3.63) is 34.6 Å². The zero-order valence-corrected chi connectivity index (χ0v) is 10.0. The molecule has 1 aliphatic rings. The number of halogens is 4. The van der Waals surface area contributed by atoms with Gasteiger partial charge in [0.2, 0.25) is 0 Å². The molecule has 1 N–H and O–H groups in total. The lowest BCUT2D eigenvalue weighted by atomic mass is 10.1. The van der Waals surface area contributed by atoms with E-state index in [0.717, 1.165) is 0 Å². The average molecular weight is 284 g/mol. The summed E-state index contributed by atoms with van der Waals surface area (Å²) in [6.07, 6.45) is 0. The van der Waals surface area contributed by atoms with Gasteiger partial charge < -0.3 is 5.11 Å². The van der Waals surface area contributed by atoms with Crippen LogP contribution in [0.2, 0.25) is 5.02 Å². The molecule has 1 aromatic rings. The summed E-state index contributed by atoms with van der Waals surface area (Å²) in [5.41, 5.74) is 0.531. The van der Waals surface area contributed by atoms with Gasteiger partial charge in [-0.05, 0) is 17.7 Å². The van der Waals surface area contributed by atoms with Crippen LogP contribution < -0.4 is 0 Å². The lowest BCUT2D eigenvalue weighted by Gasteiger charge is -2.01. The average Bonchev–Trinajstić information content (AvgIpc) is 2.74. The Kier molecular flexibility index (Phi) is 2.81. The summed E-state index contributed by atoms with van der Waals surface area (Å²) in [6, 6.07) is 3.96. The van der Waals surface area contributed by atoms with Crippen molar-refractivity contribution in [3.8, 4) is 0 Å². The topological polar surface area (TPSA) is 37.3 Å². The third-order valence-corrected chi connectivity index (χ3v) is 3.85. The molecular formula is C10H6Cl3FO2. The molecule has 0 unspecified atom stereocenters. The van der Waals surface area contributed by atoms with Crippen LogP contribution in [0.5, 0.6) is 0 Å². The highest BCUT2D eigenvalue weighted by atomic mass is 35.5. The van der Waals surface area contributed by atoms with Crippen molar-refractivity contribution in [2.75, 3.05) is 0 Å². The van der Waals surface area contributed by atoms with Gasteiger partial charge >= 0.3 is 5.97 Å². The summed E-state index contributed by atoms with van der Waals surface area (Å²) in [6.45, 7) is 0. The van der Waals surface area contributed by atoms with E-state index in [9.17, 15) is 9.18 Å². The lowest BCUT2D eigenvalue weighted by Crippen LogP contribution is -2.03. The Labute approximate surface area is 106 Å². The molecule has 0 aromatic heterocycles. The molecule has 6 heteroatoms. The maximum absolute atomic E-state index is 12.9. The van der Waals surface area contributed by atoms with Crippen LogP contribution in [0.25, 0.3) is 0 Å². The summed E-state index contributed by atoms with van der Waals surface area (Å²) >= 11 is 17.3. The number of benzene rings is 1. The summed E-state index contributed by atoms with van der Waals surface area (Å²) in [7, 11) is 0. The van der Waals surface area contributed by atoms with Gasteiger partial charge in [0, 0.05) is 5.92 Å². The van der Waals surface area contributed by atoms with Crippen LogP contribution >= 0.6 is 34.8 Å². The number of carboxylic acids is 1. The second-order valence-corrected chi connectivity index (χ2v) is 5.49. The van der Waals surface area contributed by atoms with Gasteiger partial charge in [-0.3, -0.25) is 4.79 Å². The fourth-order valence-corrected chi connectivity index (χ4v) is 2.76. The van der Waals surface area contributed by atoms with E-state index in [-0.39, 0.29) is 5.02 Å². The molecule has 0 radical (unpaired) electrons. The maximum Gasteiger partial charge on any atom is 0.310 e. The molecule has 1 aliphatic carbocycles. The van der Waals surface area contributed by atoms with Gasteiger partial charge in [0.05, 0.1) is 10.9 Å². The number of carbonyl (C=O) groups is 1. The van der Waals surface area contributed by atoms with Gasteiger partial charge in [0.15, 0.2) is 0 Å². The van der Waals surface area contributed by atoms with E-state index >= 15 is 0 Å². The van der Waals surface area contributed by atoms with Crippen LogP contribution in [0.1, 0.15) is 11.5 Å². The summed E-state index contributed by atoms with van der Waals surface area (Å²) in [5.74, 6) is -3.06. The Bertz CT molecular complexity index is 461. The fourth-order valence-electron chi connectivity index (χ4n) is 1.75. The molecule has 0 spiro atoms. The van der Waals surface area contributed by atoms with E-state index in [2.05, 4.69) is 0 Å². The number of alkyl halides is 2. The molecule has 2 nitrogen and oxygen atoms in total. The minimum atomic E-state index is -1.34. The Morgan fingerprint density at radius 1 is 1.44 bits per heavy atom. The van der Waals surface area contributed by atoms with Gasteiger partial charge in [0.1, 0.15) is 10.2 Å². The third kappa shape index (κ3) is 1.77. The normalized spacial score (nSPS) is 26.5. The van der Waals surface area contributed by atoms with Crippen molar-refractivity contribution in [2.24, 2.45) is 5.92 Å². The quantitative estimate of drug-likeness (QED) is 0.844. The first-order valence-corrected chi connectivity index (χ1v) is 5.54. The van der Waals surface area contributed by atoms with Crippen LogP contribution in [0.15, 0.2) is 18.2 Å². The van der Waals surface area contributed by atoms with Crippen molar-refractivity contribution in [3.63, 3.8) is 0 Å². The fraction of sp³-hybridized carbons (Fsp3) is 0.300. The number of carboxylic acid groups (broad SMARTS) is 1. The first kappa shape index (κ1) is 12.0. The van der Waals surface area contributed by atoms with Crippen LogP contribution in [0.4, 0.5) is 4.39 Å². The first-order chi connectivity index (χ1) is 7.35. The minimum Gasteiger partial charge on any atom is -0.481 e. The van der Waals surface area contributed by atoms with E-state index in [1.807, 2.05) is 0 Å². The second-order valence-electron chi connectivity index (χ2n) is 3.64. The smallest absolute Gasteiger partial charge is 0.310 e. The summed E-state index contributed by atoms with van der Waals surface area (Å²) in [4.78, 5) is 10.8. The van der Waals surface area contributed by atoms with Crippen LogP contribution in [0.3, 0.4) is 0 Å². The van der Waals surface area contributed by atoms with Gasteiger partial charge in [0.25, 0.3) is 0 Å². The summed E-state index contributed by atoms with van der Waals surface area (Å²) in [5, 5.41) is 8.80. The van der Waals surface area contributed by atoms with Crippen molar-refractivity contribution in [2.45, 2.75) is 10.3 Å². The molecule has 86 valence electrons. The molecule has 0 amide bonds. The highest BCUT2D eigenvalue weighted by molar-refractivity contribution is 6.53. The Morgan fingerprint density at radius 3 is 2.50 bits per heavy atom. The van der Waals surface area contributed by atoms with Crippen molar-refractivity contribution in [1.29, 1.82) is 0 Å². The Balaban J connectivity index is 2.33. The molecule has 16 heavy (non-hydrogen) atoms. The Morgan fingerprint density at radius 2 is 2.06 bits per heavy atom. The zero-order chi connectivity index (χ0) is 12.1. The predicted molar refractivity (Wildman–Crippen MR) is 59.7 cm³/mol. The van der Waals surface area contributed by atoms with Gasteiger partial charge in [-0.2, -0.15) is 0 Å². The monoisotopic (exact) mass is 282 g/mol. The van der Waals surface area contributed by atoms with Gasteiger partial charge in [-0.1, -0.05) is 40.9 Å². The predicted octanol–water partition coefficient (Wildman–Crippen LogP) is 3.45. The van der Waals surface area contributed by atoms with E-state index < -0.39 is 28.0 Å². The molecule has 1 aromatic carbocycles. The molecule has 2 rings (SSSR count). The van der Waals surface area contributed by atoms with Gasteiger partial charge in [-0.25, -0.2) is 4.39 Å². The standard InChI is InChI=1S/C10H6Cl3FO2/c11-5-3-4(1-2-6(5)14)7-8(9(15)16)10(7,12)13/h1-3,7-8H,(H,15,16)/t7-,8+/m1/s1. The van der Waals surface area contributed by atoms with Crippen LogP contribution in [-0.4, -0.2) is 15.4 Å². The van der Waals surface area contributed by atoms with Crippen molar-refractivity contribution >= 4 is 40.8 Å². The highest BCUT2D eigenvalue weighted by Gasteiger charge is 2.68. The Hall–Kier alpha value is -0.510. The van der Waals surface area contributed by atoms with Crippen molar-refractivity contribution in [1.82, 2.24) is 0 Å². The zero-order valence-electron chi connectivity index (χ0n) is 7.75. The van der Waals surface area contributed by atoms with Crippen LogP contribution in [0, 0.1) is 11.7 Å². The molecule has 2 atom stereocenters. The molecule has 1 saturated carbocycles. The lowest BCUT2D eigenvalue weighted by molar-refractivity contribution is -0.138. The molecule has 0 aliphatic heterocycles. The molecule has 0 bridgehead atoms. The van der Waals surface area contributed by atoms with Gasteiger partial charge in [-0.15, -0.1) is 0 Å². The molecule has 0 saturated heterocycles.